The van der Waals surface area contributed by atoms with Gasteiger partial charge in [0.2, 0.25) is 0 Å². The SMILES string of the molecule is Cc1cccc2c(C(=O)O)cc(-c3ccccc3)nc12.O=Cc1ccccc1. The Morgan fingerprint density at radius 2 is 1.54 bits per heavy atom. The minimum Gasteiger partial charge on any atom is -0.478 e. The minimum absolute atomic E-state index is 0.289. The molecule has 0 saturated carbocycles. The lowest BCUT2D eigenvalue weighted by Gasteiger charge is -2.08. The molecule has 0 aliphatic rings. The van der Waals surface area contributed by atoms with E-state index in [9.17, 15) is 14.7 Å². The number of carbonyl (C=O) groups is 2. The Kier molecular flexibility index (Phi) is 5.92. The van der Waals surface area contributed by atoms with Gasteiger partial charge < -0.3 is 5.11 Å². The smallest absolute Gasteiger partial charge is 0.336 e. The molecule has 0 spiro atoms. The standard InChI is InChI=1S/C17H13NO2.C7H6O/c1-11-6-5-9-13-14(17(19)20)10-15(18-16(11)13)12-7-3-2-4-8-12;8-6-7-4-2-1-3-5-7/h2-10H,1H3,(H,19,20);1-6H. The fourth-order valence-electron chi connectivity index (χ4n) is 2.86. The van der Waals surface area contributed by atoms with E-state index in [2.05, 4.69) is 4.98 Å². The number of para-hydroxylation sites is 1. The Morgan fingerprint density at radius 1 is 0.893 bits per heavy atom. The predicted octanol–water partition coefficient (Wildman–Crippen LogP) is 5.41. The number of carboxylic acids is 1. The zero-order valence-corrected chi connectivity index (χ0v) is 15.4. The van der Waals surface area contributed by atoms with E-state index in [4.69, 9.17) is 0 Å². The summed E-state index contributed by atoms with van der Waals surface area (Å²) in [7, 11) is 0. The van der Waals surface area contributed by atoms with Crippen molar-refractivity contribution in [2.75, 3.05) is 0 Å². The number of hydrogen-bond donors (Lipinski definition) is 1. The van der Waals surface area contributed by atoms with Crippen molar-refractivity contribution in [2.24, 2.45) is 0 Å². The van der Waals surface area contributed by atoms with Gasteiger partial charge in [-0.25, -0.2) is 9.78 Å². The molecule has 138 valence electrons. The normalized spacial score (nSPS) is 10.0. The molecule has 4 rings (SSSR count). The van der Waals surface area contributed by atoms with Crippen LogP contribution in [-0.2, 0) is 0 Å². The number of benzene rings is 3. The van der Waals surface area contributed by atoms with E-state index in [1.165, 1.54) is 0 Å². The third-order valence-electron chi connectivity index (χ3n) is 4.28. The number of carboxylic acid groups (broad SMARTS) is 1. The molecular formula is C24H19NO3. The predicted molar refractivity (Wildman–Crippen MR) is 111 cm³/mol. The largest absolute Gasteiger partial charge is 0.478 e. The Hall–Kier alpha value is -3.79. The summed E-state index contributed by atoms with van der Waals surface area (Å²) in [5.74, 6) is -0.930. The highest BCUT2D eigenvalue weighted by Crippen LogP contribution is 2.26. The van der Waals surface area contributed by atoms with Crippen LogP contribution in [0.2, 0.25) is 0 Å². The van der Waals surface area contributed by atoms with E-state index in [1.807, 2.05) is 67.6 Å². The molecule has 1 N–H and O–H groups in total. The first kappa shape index (κ1) is 19.0. The number of aromatic carboxylic acids is 1. The molecule has 0 amide bonds. The number of pyridine rings is 1. The van der Waals surface area contributed by atoms with Crippen LogP contribution in [0.3, 0.4) is 0 Å². The molecule has 4 heteroatoms. The zero-order chi connectivity index (χ0) is 19.9. The molecule has 3 aromatic carbocycles. The maximum absolute atomic E-state index is 11.5. The second-order valence-electron chi connectivity index (χ2n) is 6.23. The van der Waals surface area contributed by atoms with Gasteiger partial charge >= 0.3 is 5.97 Å². The maximum atomic E-state index is 11.5. The van der Waals surface area contributed by atoms with E-state index in [0.717, 1.165) is 28.5 Å². The summed E-state index contributed by atoms with van der Waals surface area (Å²) in [6, 6.07) is 25.9. The quantitative estimate of drug-likeness (QED) is 0.491. The van der Waals surface area contributed by atoms with Gasteiger partial charge in [-0.2, -0.15) is 0 Å². The number of carbonyl (C=O) groups excluding carboxylic acids is 1. The third kappa shape index (κ3) is 4.30. The van der Waals surface area contributed by atoms with Gasteiger partial charge in [0.1, 0.15) is 6.29 Å². The number of aromatic nitrogens is 1. The van der Waals surface area contributed by atoms with Gasteiger partial charge in [-0.05, 0) is 18.6 Å². The van der Waals surface area contributed by atoms with Gasteiger partial charge in [-0.1, -0.05) is 78.9 Å². The van der Waals surface area contributed by atoms with Crippen LogP contribution in [0, 0.1) is 6.92 Å². The highest BCUT2D eigenvalue weighted by atomic mass is 16.4. The summed E-state index contributed by atoms with van der Waals surface area (Å²) in [5.41, 5.74) is 4.34. The van der Waals surface area contributed by atoms with Crippen molar-refractivity contribution >= 4 is 23.2 Å². The van der Waals surface area contributed by atoms with Crippen LogP contribution in [0.1, 0.15) is 26.3 Å². The first-order valence-electron chi connectivity index (χ1n) is 8.79. The minimum atomic E-state index is -0.930. The number of rotatable bonds is 3. The number of aldehydes is 1. The molecular weight excluding hydrogens is 350 g/mol. The van der Waals surface area contributed by atoms with Gasteiger partial charge in [-0.15, -0.1) is 0 Å². The lowest BCUT2D eigenvalue weighted by atomic mass is 10.0. The Bertz CT molecular complexity index is 1110. The molecule has 0 unspecified atom stereocenters. The van der Waals surface area contributed by atoms with Gasteiger partial charge in [0.15, 0.2) is 0 Å². The number of nitrogens with zero attached hydrogens (tertiary/aromatic N) is 1. The van der Waals surface area contributed by atoms with Crippen molar-refractivity contribution in [3.8, 4) is 11.3 Å². The molecule has 0 radical (unpaired) electrons. The number of hydrogen-bond acceptors (Lipinski definition) is 3. The van der Waals surface area contributed by atoms with E-state index < -0.39 is 5.97 Å². The van der Waals surface area contributed by atoms with E-state index in [0.29, 0.717) is 11.1 Å². The van der Waals surface area contributed by atoms with Gasteiger partial charge in [0, 0.05) is 16.5 Å². The van der Waals surface area contributed by atoms with Crippen molar-refractivity contribution in [2.45, 2.75) is 6.92 Å². The summed E-state index contributed by atoms with van der Waals surface area (Å²) in [6.07, 6.45) is 0.833. The van der Waals surface area contributed by atoms with Crippen molar-refractivity contribution in [3.05, 3.63) is 102 Å². The van der Waals surface area contributed by atoms with Crippen LogP contribution in [-0.4, -0.2) is 22.3 Å². The molecule has 0 atom stereocenters. The van der Waals surface area contributed by atoms with Gasteiger partial charge in [0.25, 0.3) is 0 Å². The molecule has 0 fully saturated rings. The van der Waals surface area contributed by atoms with Crippen LogP contribution in [0.5, 0.6) is 0 Å². The highest BCUT2D eigenvalue weighted by Gasteiger charge is 2.13. The molecule has 1 aromatic heterocycles. The monoisotopic (exact) mass is 369 g/mol. The van der Waals surface area contributed by atoms with Crippen LogP contribution in [0.4, 0.5) is 0 Å². The average Bonchev–Trinajstić information content (AvgIpc) is 2.75. The molecule has 0 aliphatic heterocycles. The first-order valence-corrected chi connectivity index (χ1v) is 8.79. The highest BCUT2D eigenvalue weighted by molar-refractivity contribution is 6.04. The third-order valence-corrected chi connectivity index (χ3v) is 4.28. The zero-order valence-electron chi connectivity index (χ0n) is 15.4. The van der Waals surface area contributed by atoms with Crippen LogP contribution < -0.4 is 0 Å². The fraction of sp³-hybridized carbons (Fsp3) is 0.0417. The van der Waals surface area contributed by atoms with E-state index in [1.54, 1.807) is 24.3 Å². The summed E-state index contributed by atoms with van der Waals surface area (Å²) >= 11 is 0. The fourth-order valence-corrected chi connectivity index (χ4v) is 2.86. The van der Waals surface area contributed by atoms with E-state index in [-0.39, 0.29) is 5.56 Å². The molecule has 0 saturated heterocycles. The number of aryl methyl sites for hydroxylation is 1. The Labute approximate surface area is 163 Å². The van der Waals surface area contributed by atoms with Crippen LogP contribution >= 0.6 is 0 Å². The molecule has 28 heavy (non-hydrogen) atoms. The topological polar surface area (TPSA) is 67.3 Å². The second-order valence-corrected chi connectivity index (χ2v) is 6.23. The second kappa shape index (κ2) is 8.73. The van der Waals surface area contributed by atoms with Crippen molar-refractivity contribution < 1.29 is 14.7 Å². The maximum Gasteiger partial charge on any atom is 0.336 e. The first-order chi connectivity index (χ1) is 13.6. The Balaban J connectivity index is 0.000000236. The summed E-state index contributed by atoms with van der Waals surface area (Å²) < 4.78 is 0. The summed E-state index contributed by atoms with van der Waals surface area (Å²) in [5, 5.41) is 10.1. The van der Waals surface area contributed by atoms with Crippen molar-refractivity contribution in [1.82, 2.24) is 4.98 Å². The molecule has 4 nitrogen and oxygen atoms in total. The lowest BCUT2D eigenvalue weighted by Crippen LogP contribution is -2.01. The van der Waals surface area contributed by atoms with Crippen LogP contribution in [0.25, 0.3) is 22.2 Å². The van der Waals surface area contributed by atoms with Gasteiger partial charge in [0.05, 0.1) is 16.8 Å². The molecule has 1 heterocycles. The van der Waals surface area contributed by atoms with Crippen LogP contribution in [0.15, 0.2) is 84.9 Å². The summed E-state index contributed by atoms with van der Waals surface area (Å²) in [6.45, 7) is 1.94. The lowest BCUT2D eigenvalue weighted by molar-refractivity contribution is 0.0699. The average molecular weight is 369 g/mol. The van der Waals surface area contributed by atoms with E-state index >= 15 is 0 Å². The van der Waals surface area contributed by atoms with Crippen molar-refractivity contribution in [3.63, 3.8) is 0 Å². The number of fused-ring (bicyclic) bond motifs is 1. The summed E-state index contributed by atoms with van der Waals surface area (Å²) in [4.78, 5) is 26.1. The molecule has 4 aromatic rings. The van der Waals surface area contributed by atoms with Gasteiger partial charge in [-0.3, -0.25) is 4.79 Å². The molecule has 0 aliphatic carbocycles. The Morgan fingerprint density at radius 3 is 2.11 bits per heavy atom. The molecule has 0 bridgehead atoms. The van der Waals surface area contributed by atoms with Crippen molar-refractivity contribution in [1.29, 1.82) is 0 Å².